The number of carbonyl (C=O) groups excluding carboxylic acids is 3. The van der Waals surface area contributed by atoms with Gasteiger partial charge in [-0.1, -0.05) is 12.1 Å². The topological polar surface area (TPSA) is 106 Å². The molecule has 1 fully saturated rings. The second-order valence-corrected chi connectivity index (χ2v) is 10.1. The predicted octanol–water partition coefficient (Wildman–Crippen LogP) is 4.81. The first-order valence-corrected chi connectivity index (χ1v) is 13.1. The lowest BCUT2D eigenvalue weighted by Crippen LogP contribution is -2.38. The van der Waals surface area contributed by atoms with Gasteiger partial charge in [0, 0.05) is 49.2 Å². The number of amides is 2. The Morgan fingerprint density at radius 1 is 1.03 bits per heavy atom. The van der Waals surface area contributed by atoms with Crippen LogP contribution in [0.25, 0.3) is 10.9 Å². The molecule has 0 saturated carbocycles. The van der Waals surface area contributed by atoms with Gasteiger partial charge in [-0.3, -0.25) is 14.3 Å². The molecule has 1 aliphatic heterocycles. The van der Waals surface area contributed by atoms with Gasteiger partial charge in [-0.25, -0.2) is 9.78 Å². The molecule has 0 radical (unpaired) electrons. The van der Waals surface area contributed by atoms with Crippen molar-refractivity contribution in [2.75, 3.05) is 18.4 Å². The Labute approximate surface area is 226 Å². The summed E-state index contributed by atoms with van der Waals surface area (Å²) in [4.78, 5) is 44.3. The van der Waals surface area contributed by atoms with Crippen LogP contribution in [0.4, 0.5) is 5.69 Å². The summed E-state index contributed by atoms with van der Waals surface area (Å²) in [6, 6.07) is 16.6. The normalized spacial score (nSPS) is 14.0. The van der Waals surface area contributed by atoms with Gasteiger partial charge in [0.1, 0.15) is 0 Å². The molecule has 2 aromatic carbocycles. The summed E-state index contributed by atoms with van der Waals surface area (Å²) in [5.41, 5.74) is 3.63. The van der Waals surface area contributed by atoms with Crippen LogP contribution in [0.3, 0.4) is 0 Å². The number of carbonyl (C=O) groups is 3. The Hall–Kier alpha value is -4.53. The van der Waals surface area contributed by atoms with Gasteiger partial charge in [-0.15, -0.1) is 0 Å². The quantitative estimate of drug-likeness (QED) is 0.362. The van der Waals surface area contributed by atoms with E-state index in [0.29, 0.717) is 24.6 Å². The number of anilines is 1. The van der Waals surface area contributed by atoms with Crippen molar-refractivity contribution in [2.24, 2.45) is 7.05 Å². The van der Waals surface area contributed by atoms with Crippen molar-refractivity contribution < 1.29 is 19.1 Å². The number of esters is 1. The number of pyridine rings is 1. The zero-order valence-electron chi connectivity index (χ0n) is 22.3. The fourth-order valence-corrected chi connectivity index (χ4v) is 4.93. The monoisotopic (exact) mass is 525 g/mol. The smallest absolute Gasteiger partial charge is 0.358 e. The fourth-order valence-electron chi connectivity index (χ4n) is 4.93. The minimum Gasteiger partial charge on any atom is -0.458 e. The highest BCUT2D eigenvalue weighted by molar-refractivity contribution is 6.06. The highest BCUT2D eigenvalue weighted by Gasteiger charge is 2.28. The Morgan fingerprint density at radius 2 is 1.77 bits per heavy atom. The number of fused-ring (bicyclic) bond motifs is 1. The van der Waals surface area contributed by atoms with Crippen molar-refractivity contribution in [2.45, 2.75) is 38.7 Å². The Morgan fingerprint density at radius 3 is 2.49 bits per heavy atom. The van der Waals surface area contributed by atoms with Crippen LogP contribution in [0.15, 0.2) is 67.0 Å². The molecule has 9 heteroatoms. The molecule has 0 atom stereocenters. The second-order valence-electron chi connectivity index (χ2n) is 10.1. The standard InChI is InChI=1S/C30H31N5O4/c1-19(2)39-30(38)27-25(5-4-14-31-27)29(37)35-15-12-21(13-16-35)20-6-9-24(10-7-20)32-28(36)22-8-11-26-23(17-22)18-34(3)33-26/h4-11,14,17-19,21H,12-13,15-16H2,1-3H3,(H,32,36). The van der Waals surface area contributed by atoms with E-state index in [0.717, 1.165) is 29.4 Å². The summed E-state index contributed by atoms with van der Waals surface area (Å²) >= 11 is 0. The summed E-state index contributed by atoms with van der Waals surface area (Å²) in [5.74, 6) is -0.674. The van der Waals surface area contributed by atoms with E-state index in [4.69, 9.17) is 4.74 Å². The van der Waals surface area contributed by atoms with Crippen LogP contribution >= 0.6 is 0 Å². The number of benzene rings is 2. The van der Waals surface area contributed by atoms with E-state index in [1.165, 1.54) is 11.8 Å². The lowest BCUT2D eigenvalue weighted by atomic mass is 9.89. The van der Waals surface area contributed by atoms with Gasteiger partial charge in [-0.05, 0) is 80.6 Å². The Bertz CT molecular complexity index is 1520. The van der Waals surface area contributed by atoms with E-state index in [9.17, 15) is 14.4 Å². The Kier molecular flexibility index (Phi) is 7.40. The summed E-state index contributed by atoms with van der Waals surface area (Å²) < 4.78 is 6.99. The number of nitrogens with zero attached hydrogens (tertiary/aromatic N) is 4. The molecule has 3 heterocycles. The molecule has 0 unspecified atom stereocenters. The first-order chi connectivity index (χ1) is 18.8. The predicted molar refractivity (Wildman–Crippen MR) is 148 cm³/mol. The summed E-state index contributed by atoms with van der Waals surface area (Å²) in [6.45, 7) is 4.67. The molecule has 4 aromatic rings. The molecular weight excluding hydrogens is 494 g/mol. The van der Waals surface area contributed by atoms with Crippen molar-refractivity contribution in [3.05, 3.63) is 89.4 Å². The molecule has 200 valence electrons. The highest BCUT2D eigenvalue weighted by Crippen LogP contribution is 2.30. The molecular formula is C30H31N5O4. The molecule has 5 rings (SSSR count). The zero-order valence-corrected chi connectivity index (χ0v) is 22.3. The van der Waals surface area contributed by atoms with Crippen molar-refractivity contribution in [1.82, 2.24) is 19.7 Å². The first kappa shape index (κ1) is 26.1. The van der Waals surface area contributed by atoms with Crippen LogP contribution in [-0.4, -0.2) is 56.6 Å². The molecule has 1 saturated heterocycles. The molecule has 2 amide bonds. The molecule has 0 aliphatic carbocycles. The largest absolute Gasteiger partial charge is 0.458 e. The van der Waals surface area contributed by atoms with Gasteiger partial charge in [0.25, 0.3) is 11.8 Å². The number of hydrogen-bond donors (Lipinski definition) is 1. The molecule has 0 bridgehead atoms. The van der Waals surface area contributed by atoms with Crippen LogP contribution in [-0.2, 0) is 11.8 Å². The summed E-state index contributed by atoms with van der Waals surface area (Å²) in [6.07, 6.45) is 4.68. The van der Waals surface area contributed by atoms with Crippen molar-refractivity contribution in [3.63, 3.8) is 0 Å². The molecule has 1 aliphatic rings. The maximum Gasteiger partial charge on any atom is 0.358 e. The average molecular weight is 526 g/mol. The minimum atomic E-state index is -0.589. The van der Waals surface area contributed by atoms with Crippen molar-refractivity contribution >= 4 is 34.4 Å². The van der Waals surface area contributed by atoms with Gasteiger partial charge < -0.3 is 15.0 Å². The van der Waals surface area contributed by atoms with Crippen LogP contribution in [0.1, 0.15) is 69.4 Å². The maximum atomic E-state index is 13.2. The molecule has 39 heavy (non-hydrogen) atoms. The number of nitrogens with one attached hydrogen (secondary N) is 1. The fraction of sp³-hybridized carbons (Fsp3) is 0.300. The molecule has 1 N–H and O–H groups in total. The van der Waals surface area contributed by atoms with Gasteiger partial charge in [-0.2, -0.15) is 5.10 Å². The third-order valence-electron chi connectivity index (χ3n) is 6.88. The average Bonchev–Trinajstić information content (AvgIpc) is 3.32. The lowest BCUT2D eigenvalue weighted by Gasteiger charge is -2.32. The van der Waals surface area contributed by atoms with E-state index >= 15 is 0 Å². The van der Waals surface area contributed by atoms with Gasteiger partial charge in [0.05, 0.1) is 17.2 Å². The van der Waals surface area contributed by atoms with E-state index in [1.54, 1.807) is 41.6 Å². The lowest BCUT2D eigenvalue weighted by molar-refractivity contribution is 0.0364. The number of aromatic nitrogens is 3. The third kappa shape index (κ3) is 5.82. The summed E-state index contributed by atoms with van der Waals surface area (Å²) in [5, 5.41) is 8.22. The third-order valence-corrected chi connectivity index (χ3v) is 6.88. The summed E-state index contributed by atoms with van der Waals surface area (Å²) in [7, 11) is 1.85. The molecule has 2 aromatic heterocycles. The first-order valence-electron chi connectivity index (χ1n) is 13.1. The number of likely N-dealkylation sites (tertiary alicyclic amines) is 1. The zero-order chi connectivity index (χ0) is 27.5. The number of piperidine rings is 1. The molecule has 0 spiro atoms. The van der Waals surface area contributed by atoms with Crippen LogP contribution in [0.2, 0.25) is 0 Å². The van der Waals surface area contributed by atoms with Crippen LogP contribution < -0.4 is 5.32 Å². The van der Waals surface area contributed by atoms with Crippen molar-refractivity contribution in [3.8, 4) is 0 Å². The van der Waals surface area contributed by atoms with E-state index < -0.39 is 5.97 Å². The molecule has 9 nitrogen and oxygen atoms in total. The van der Waals surface area contributed by atoms with E-state index in [2.05, 4.69) is 15.4 Å². The van der Waals surface area contributed by atoms with Gasteiger partial charge in [0.2, 0.25) is 0 Å². The second kappa shape index (κ2) is 11.1. The van der Waals surface area contributed by atoms with Crippen LogP contribution in [0, 0.1) is 0 Å². The number of rotatable bonds is 6. The minimum absolute atomic E-state index is 0.0521. The Balaban J connectivity index is 1.19. The maximum absolute atomic E-state index is 13.2. The van der Waals surface area contributed by atoms with Crippen molar-refractivity contribution in [1.29, 1.82) is 0 Å². The van der Waals surface area contributed by atoms with Crippen LogP contribution in [0.5, 0.6) is 0 Å². The van der Waals surface area contributed by atoms with Gasteiger partial charge >= 0.3 is 5.97 Å². The number of hydrogen-bond acceptors (Lipinski definition) is 6. The van der Waals surface area contributed by atoms with E-state index in [-0.39, 0.29) is 29.2 Å². The highest BCUT2D eigenvalue weighted by atomic mass is 16.5. The number of ether oxygens (including phenoxy) is 1. The van der Waals surface area contributed by atoms with Gasteiger partial charge in [0.15, 0.2) is 5.69 Å². The number of aryl methyl sites for hydroxylation is 1. The SMILES string of the molecule is CC(C)OC(=O)c1ncccc1C(=O)N1CCC(c2ccc(NC(=O)c3ccc4nn(C)cc4c3)cc2)CC1. The van der Waals surface area contributed by atoms with E-state index in [1.807, 2.05) is 49.6 Å².